The van der Waals surface area contributed by atoms with Crippen molar-refractivity contribution in [3.8, 4) is 0 Å². The zero-order chi connectivity index (χ0) is 22.5. The maximum atomic E-state index is 11.7. The van der Waals surface area contributed by atoms with Crippen LogP contribution in [0, 0.1) is 0 Å². The second-order valence-electron chi connectivity index (χ2n) is 7.13. The fraction of sp³-hybridized carbons (Fsp3) is 0.115. The average molecular weight is 426 g/mol. The van der Waals surface area contributed by atoms with Crippen LogP contribution >= 0.6 is 0 Å². The normalized spacial score (nSPS) is 11.6. The van der Waals surface area contributed by atoms with E-state index in [1.54, 1.807) is 18.3 Å². The summed E-state index contributed by atoms with van der Waals surface area (Å²) >= 11 is 0. The summed E-state index contributed by atoms with van der Waals surface area (Å²) < 4.78 is 11.6. The highest BCUT2D eigenvalue weighted by Crippen LogP contribution is 2.28. The number of para-hydroxylation sites is 1. The van der Waals surface area contributed by atoms with Crippen LogP contribution in [0.1, 0.15) is 17.0 Å². The molecule has 0 aliphatic carbocycles. The first kappa shape index (κ1) is 21.1. The van der Waals surface area contributed by atoms with Crippen molar-refractivity contribution >= 4 is 45.8 Å². The minimum absolute atomic E-state index is 0.429. The summed E-state index contributed by atoms with van der Waals surface area (Å²) in [5, 5.41) is 3.13. The first-order valence-corrected chi connectivity index (χ1v) is 10.1. The Hall–Kier alpha value is -4.19. The zero-order valence-electron chi connectivity index (χ0n) is 17.8. The molecule has 2 heterocycles. The molecule has 0 fully saturated rings. The highest BCUT2D eigenvalue weighted by atomic mass is 16.5. The van der Waals surface area contributed by atoms with E-state index in [0.29, 0.717) is 6.54 Å². The maximum Gasteiger partial charge on any atom is 0.330 e. The molecule has 0 aliphatic heterocycles. The van der Waals surface area contributed by atoms with E-state index >= 15 is 0 Å². The van der Waals surface area contributed by atoms with Gasteiger partial charge in [-0.3, -0.25) is 4.98 Å². The molecule has 0 bridgehead atoms. The van der Waals surface area contributed by atoms with Crippen molar-refractivity contribution in [3.05, 3.63) is 89.9 Å². The predicted octanol–water partition coefficient (Wildman–Crippen LogP) is 4.61. The number of carbonyl (C=O) groups excluding carboxylic acids is 2. The third kappa shape index (κ3) is 4.30. The average Bonchev–Trinajstić information content (AvgIpc) is 3.18. The van der Waals surface area contributed by atoms with Gasteiger partial charge in [-0.05, 0) is 35.2 Å². The van der Waals surface area contributed by atoms with E-state index in [2.05, 4.69) is 15.6 Å². The summed E-state index contributed by atoms with van der Waals surface area (Å²) in [6.45, 7) is 0.481. The first-order valence-electron chi connectivity index (χ1n) is 10.1. The van der Waals surface area contributed by atoms with Crippen LogP contribution in [0.5, 0.6) is 0 Å². The van der Waals surface area contributed by atoms with E-state index in [0.717, 1.165) is 38.6 Å². The highest BCUT2D eigenvalue weighted by Gasteiger charge is 2.13. The molecule has 6 heteroatoms. The second-order valence-corrected chi connectivity index (χ2v) is 7.13. The molecule has 0 radical (unpaired) electrons. The van der Waals surface area contributed by atoms with Crippen LogP contribution in [-0.2, 0) is 25.6 Å². The number of methoxy groups -OCH3 is 2. The van der Waals surface area contributed by atoms with Gasteiger partial charge in [0.05, 0.1) is 32.0 Å². The summed E-state index contributed by atoms with van der Waals surface area (Å²) in [5.41, 5.74) is 3.50. The Kier molecular flexibility index (Phi) is 6.12. The second kappa shape index (κ2) is 9.31. The number of hydrogen-bond donors (Lipinski definition) is 0. The fourth-order valence-electron chi connectivity index (χ4n) is 3.72. The smallest absolute Gasteiger partial charge is 0.330 e. The largest absolute Gasteiger partial charge is 0.466 e. The van der Waals surface area contributed by atoms with E-state index in [4.69, 9.17) is 9.47 Å². The topological polar surface area (TPSA) is 70.4 Å². The van der Waals surface area contributed by atoms with Crippen molar-refractivity contribution in [2.24, 2.45) is 0 Å². The summed E-state index contributed by atoms with van der Waals surface area (Å²) in [7, 11) is 2.69. The predicted molar refractivity (Wildman–Crippen MR) is 125 cm³/mol. The quantitative estimate of drug-likeness (QED) is 0.333. The Morgan fingerprint density at radius 2 is 1.62 bits per heavy atom. The molecule has 4 rings (SSSR count). The molecule has 160 valence electrons. The molecule has 0 unspecified atom stereocenters. The standard InChI is InChI=1S/C26H22N2O4/c1-31-24(29)12-10-19-7-5-8-20-16-21(11-13-25(30)32-2)28(26(19)20)17-23-22-9-4-3-6-18(22)14-15-27-23/h3-16H,17H2,1-2H3/b12-10+,13-11+. The molecule has 0 saturated carbocycles. The van der Waals surface area contributed by atoms with Crippen molar-refractivity contribution < 1.29 is 19.1 Å². The van der Waals surface area contributed by atoms with Gasteiger partial charge in [-0.2, -0.15) is 0 Å². The van der Waals surface area contributed by atoms with Crippen LogP contribution in [0.4, 0.5) is 0 Å². The van der Waals surface area contributed by atoms with Crippen LogP contribution in [0.3, 0.4) is 0 Å². The Labute approximate surface area is 185 Å². The summed E-state index contributed by atoms with van der Waals surface area (Å²) in [5.74, 6) is -0.863. The van der Waals surface area contributed by atoms with Gasteiger partial charge in [0.1, 0.15) is 0 Å². The Bertz CT molecular complexity index is 1360. The molecule has 0 saturated heterocycles. The number of carbonyl (C=O) groups is 2. The van der Waals surface area contributed by atoms with E-state index in [9.17, 15) is 9.59 Å². The first-order chi connectivity index (χ1) is 15.6. The van der Waals surface area contributed by atoms with Gasteiger partial charge in [-0.25, -0.2) is 9.59 Å². The maximum absolute atomic E-state index is 11.7. The molecule has 4 aromatic rings. The Morgan fingerprint density at radius 3 is 2.41 bits per heavy atom. The van der Waals surface area contributed by atoms with Gasteiger partial charge < -0.3 is 14.0 Å². The number of fused-ring (bicyclic) bond motifs is 2. The molecular weight excluding hydrogens is 404 g/mol. The summed E-state index contributed by atoms with van der Waals surface area (Å²) in [4.78, 5) is 28.0. The minimum atomic E-state index is -0.434. The lowest BCUT2D eigenvalue weighted by Gasteiger charge is -2.12. The van der Waals surface area contributed by atoms with Crippen LogP contribution in [0.2, 0.25) is 0 Å². The molecule has 0 spiro atoms. The third-order valence-electron chi connectivity index (χ3n) is 5.24. The van der Waals surface area contributed by atoms with Crippen molar-refractivity contribution in [3.63, 3.8) is 0 Å². The van der Waals surface area contributed by atoms with Crippen LogP contribution < -0.4 is 0 Å². The van der Waals surface area contributed by atoms with Gasteiger partial charge in [0, 0.05) is 34.8 Å². The highest BCUT2D eigenvalue weighted by molar-refractivity contribution is 5.96. The Morgan fingerprint density at radius 1 is 0.906 bits per heavy atom. The lowest BCUT2D eigenvalue weighted by atomic mass is 10.1. The SMILES string of the molecule is COC(=O)/C=C/c1cccc2cc(/C=C/C(=O)OC)n(Cc3nccc4ccccc34)c12. The van der Waals surface area contributed by atoms with Crippen molar-refractivity contribution in [2.75, 3.05) is 14.2 Å². The molecule has 32 heavy (non-hydrogen) atoms. The molecule has 2 aromatic heterocycles. The van der Waals surface area contributed by atoms with Crippen LogP contribution in [0.15, 0.2) is 72.9 Å². The third-order valence-corrected chi connectivity index (χ3v) is 5.24. The summed E-state index contributed by atoms with van der Waals surface area (Å²) in [6.07, 6.45) is 8.04. The van der Waals surface area contributed by atoms with E-state index in [-0.39, 0.29) is 0 Å². The number of benzene rings is 2. The lowest BCUT2D eigenvalue weighted by Crippen LogP contribution is -2.05. The number of pyridine rings is 1. The number of nitrogens with zero attached hydrogens (tertiary/aromatic N) is 2. The minimum Gasteiger partial charge on any atom is -0.466 e. The number of hydrogen-bond acceptors (Lipinski definition) is 5. The van der Waals surface area contributed by atoms with E-state index in [1.165, 1.54) is 26.4 Å². The lowest BCUT2D eigenvalue weighted by molar-refractivity contribution is -0.135. The molecule has 0 atom stereocenters. The van der Waals surface area contributed by atoms with Gasteiger partial charge in [-0.1, -0.05) is 42.5 Å². The molecule has 0 aliphatic rings. The number of ether oxygens (including phenoxy) is 2. The van der Waals surface area contributed by atoms with Crippen molar-refractivity contribution in [1.29, 1.82) is 0 Å². The Balaban J connectivity index is 1.90. The van der Waals surface area contributed by atoms with Gasteiger partial charge >= 0.3 is 11.9 Å². The zero-order valence-corrected chi connectivity index (χ0v) is 17.8. The van der Waals surface area contributed by atoms with Gasteiger partial charge in [-0.15, -0.1) is 0 Å². The van der Waals surface area contributed by atoms with Crippen molar-refractivity contribution in [1.82, 2.24) is 9.55 Å². The van der Waals surface area contributed by atoms with E-state index < -0.39 is 11.9 Å². The summed E-state index contributed by atoms with van der Waals surface area (Å²) in [6, 6.07) is 17.9. The molecular formula is C26H22N2O4. The fourth-order valence-corrected chi connectivity index (χ4v) is 3.72. The van der Waals surface area contributed by atoms with Gasteiger partial charge in [0.15, 0.2) is 0 Å². The van der Waals surface area contributed by atoms with E-state index in [1.807, 2.05) is 48.5 Å². The molecule has 0 amide bonds. The molecule has 0 N–H and O–H groups in total. The van der Waals surface area contributed by atoms with Gasteiger partial charge in [0.2, 0.25) is 0 Å². The van der Waals surface area contributed by atoms with Crippen LogP contribution in [-0.4, -0.2) is 35.7 Å². The monoisotopic (exact) mass is 426 g/mol. The van der Waals surface area contributed by atoms with Gasteiger partial charge in [0.25, 0.3) is 0 Å². The molecule has 6 nitrogen and oxygen atoms in total. The van der Waals surface area contributed by atoms with Crippen LogP contribution in [0.25, 0.3) is 33.8 Å². The van der Waals surface area contributed by atoms with Crippen molar-refractivity contribution in [2.45, 2.75) is 6.54 Å². The number of esters is 2. The molecule has 2 aromatic carbocycles. The number of aromatic nitrogens is 2. The number of rotatable bonds is 6.